The van der Waals surface area contributed by atoms with Crippen molar-refractivity contribution in [1.29, 1.82) is 0 Å². The Morgan fingerprint density at radius 2 is 2.11 bits per heavy atom. The van der Waals surface area contributed by atoms with E-state index in [9.17, 15) is 4.79 Å². The van der Waals surface area contributed by atoms with Crippen molar-refractivity contribution < 1.29 is 4.79 Å². The molecule has 1 aliphatic rings. The molecule has 1 aromatic heterocycles. The lowest BCUT2D eigenvalue weighted by Crippen LogP contribution is -2.47. The van der Waals surface area contributed by atoms with Gasteiger partial charge in [-0.25, -0.2) is 0 Å². The van der Waals surface area contributed by atoms with Crippen LogP contribution in [0, 0.1) is 12.3 Å². The van der Waals surface area contributed by atoms with Gasteiger partial charge in [0.25, 0.3) is 0 Å². The van der Waals surface area contributed by atoms with Crippen LogP contribution in [0.2, 0.25) is 0 Å². The predicted octanol–water partition coefficient (Wildman–Crippen LogP) is 1.90. The number of nitrogens with zero attached hydrogens (tertiary/aromatic N) is 2. The molecule has 3 N–H and O–H groups in total. The Balaban J connectivity index is 2.21. The summed E-state index contributed by atoms with van der Waals surface area (Å²) in [7, 11) is 1.80. The monoisotopic (exact) mass is 280 g/mol. The summed E-state index contributed by atoms with van der Waals surface area (Å²) in [5, 5.41) is 7.13. The summed E-state index contributed by atoms with van der Waals surface area (Å²) >= 11 is 5.15. The van der Waals surface area contributed by atoms with Crippen molar-refractivity contribution in [3.8, 4) is 0 Å². The van der Waals surface area contributed by atoms with E-state index >= 15 is 0 Å². The van der Waals surface area contributed by atoms with Crippen LogP contribution in [0.25, 0.3) is 0 Å². The Bertz CT molecular complexity index is 503. The van der Waals surface area contributed by atoms with Gasteiger partial charge in [-0.2, -0.15) is 5.10 Å². The lowest BCUT2D eigenvalue weighted by atomic mass is 9.73. The number of aryl methyl sites for hydroxylation is 2. The molecule has 0 atom stereocenters. The highest BCUT2D eigenvalue weighted by Crippen LogP contribution is 2.37. The average Bonchev–Trinajstić information content (AvgIpc) is 2.68. The average molecular weight is 280 g/mol. The fourth-order valence-corrected chi connectivity index (χ4v) is 3.00. The normalized spacial score (nSPS) is 18.0. The molecule has 0 aromatic carbocycles. The van der Waals surface area contributed by atoms with Gasteiger partial charge < -0.3 is 11.1 Å². The summed E-state index contributed by atoms with van der Waals surface area (Å²) in [5.74, 6) is 0.589. The van der Waals surface area contributed by atoms with Gasteiger partial charge in [-0.15, -0.1) is 0 Å². The van der Waals surface area contributed by atoms with Crippen LogP contribution in [-0.2, 0) is 11.8 Å². The van der Waals surface area contributed by atoms with Crippen LogP contribution in [0.5, 0.6) is 0 Å². The van der Waals surface area contributed by atoms with Gasteiger partial charge in [0.2, 0.25) is 5.91 Å². The Morgan fingerprint density at radius 3 is 2.58 bits per heavy atom. The highest BCUT2D eigenvalue weighted by atomic mass is 32.1. The lowest BCUT2D eigenvalue weighted by molar-refractivity contribution is -0.123. The highest BCUT2D eigenvalue weighted by molar-refractivity contribution is 7.80. The molecule has 1 amide bonds. The fourth-order valence-electron chi connectivity index (χ4n) is 2.70. The smallest absolute Gasteiger partial charge is 0.238 e. The number of hydrogen-bond acceptors (Lipinski definition) is 3. The second-order valence-electron chi connectivity index (χ2n) is 5.26. The molecule has 1 aliphatic carbocycles. The van der Waals surface area contributed by atoms with E-state index in [0.717, 1.165) is 37.8 Å². The summed E-state index contributed by atoms with van der Waals surface area (Å²) in [6.07, 6.45) is 4.61. The van der Waals surface area contributed by atoms with E-state index in [4.69, 9.17) is 18.0 Å². The third kappa shape index (κ3) is 2.63. The molecule has 5 nitrogen and oxygen atoms in total. The number of aromatic nitrogens is 2. The fraction of sp³-hybridized carbons (Fsp3) is 0.615. The molecule has 2 rings (SSSR count). The van der Waals surface area contributed by atoms with Gasteiger partial charge in [-0.3, -0.25) is 9.48 Å². The van der Waals surface area contributed by atoms with Gasteiger partial charge in [-0.1, -0.05) is 31.5 Å². The topological polar surface area (TPSA) is 72.9 Å². The minimum absolute atomic E-state index is 0.0947. The maximum Gasteiger partial charge on any atom is 0.238 e. The maximum absolute atomic E-state index is 12.6. The molecular weight excluding hydrogens is 260 g/mol. The Hall–Kier alpha value is -1.43. The van der Waals surface area contributed by atoms with E-state index in [-0.39, 0.29) is 5.91 Å². The standard InChI is InChI=1S/C13H20N4OS/c1-9-8-10(17(2)16-9)15-12(18)13(11(14)19)6-4-3-5-7-13/h8H,3-7H2,1-2H3,(H2,14,19)(H,15,18). The van der Waals surface area contributed by atoms with Crippen molar-refractivity contribution in [3.05, 3.63) is 11.8 Å². The molecule has 6 heteroatoms. The highest BCUT2D eigenvalue weighted by Gasteiger charge is 2.42. The zero-order chi connectivity index (χ0) is 14.0. The second-order valence-corrected chi connectivity index (χ2v) is 5.70. The number of nitrogens with two attached hydrogens (primary N) is 1. The van der Waals surface area contributed by atoms with Gasteiger partial charge in [0.1, 0.15) is 5.82 Å². The van der Waals surface area contributed by atoms with E-state index in [1.54, 1.807) is 11.7 Å². The third-order valence-electron chi connectivity index (χ3n) is 3.86. The van der Waals surface area contributed by atoms with Gasteiger partial charge >= 0.3 is 0 Å². The summed E-state index contributed by atoms with van der Waals surface area (Å²) in [4.78, 5) is 12.9. The number of thiocarbonyl (C=S) groups is 1. The molecule has 0 bridgehead atoms. The summed E-state index contributed by atoms with van der Waals surface area (Å²) < 4.78 is 1.66. The number of carbonyl (C=O) groups is 1. The van der Waals surface area contributed by atoms with Crippen LogP contribution in [0.15, 0.2) is 6.07 Å². The van der Waals surface area contributed by atoms with Crippen LogP contribution in [0.1, 0.15) is 37.8 Å². The molecule has 1 saturated carbocycles. The van der Waals surface area contributed by atoms with Gasteiger partial charge in [0, 0.05) is 13.1 Å². The van der Waals surface area contributed by atoms with E-state index in [2.05, 4.69) is 10.4 Å². The zero-order valence-electron chi connectivity index (χ0n) is 11.4. The molecular formula is C13H20N4OS. The SMILES string of the molecule is Cc1cc(NC(=O)C2(C(N)=S)CCCCC2)n(C)n1. The summed E-state index contributed by atoms with van der Waals surface area (Å²) in [6, 6.07) is 1.84. The molecule has 0 spiro atoms. The number of rotatable bonds is 3. The van der Waals surface area contributed by atoms with E-state index < -0.39 is 5.41 Å². The molecule has 1 aromatic rings. The largest absolute Gasteiger partial charge is 0.392 e. The van der Waals surface area contributed by atoms with Gasteiger partial charge in [0.05, 0.1) is 16.1 Å². The van der Waals surface area contributed by atoms with Gasteiger partial charge in [-0.05, 0) is 19.8 Å². The van der Waals surface area contributed by atoms with Crippen molar-refractivity contribution in [2.45, 2.75) is 39.0 Å². The molecule has 0 unspecified atom stereocenters. The van der Waals surface area contributed by atoms with Crippen LogP contribution in [0.4, 0.5) is 5.82 Å². The van der Waals surface area contributed by atoms with Crippen molar-refractivity contribution in [2.75, 3.05) is 5.32 Å². The molecule has 0 aliphatic heterocycles. The number of hydrogen-bond donors (Lipinski definition) is 2. The van der Waals surface area contributed by atoms with Crippen molar-refractivity contribution in [1.82, 2.24) is 9.78 Å². The second kappa shape index (κ2) is 5.28. The van der Waals surface area contributed by atoms with Crippen molar-refractivity contribution >= 4 is 28.9 Å². The van der Waals surface area contributed by atoms with E-state index in [1.807, 2.05) is 13.0 Å². The van der Waals surface area contributed by atoms with Crippen LogP contribution in [-0.4, -0.2) is 20.7 Å². The van der Waals surface area contributed by atoms with Crippen LogP contribution in [0.3, 0.4) is 0 Å². The third-order valence-corrected chi connectivity index (χ3v) is 4.25. The van der Waals surface area contributed by atoms with Crippen molar-refractivity contribution in [2.24, 2.45) is 18.2 Å². The summed E-state index contributed by atoms with van der Waals surface area (Å²) in [5.41, 5.74) is 6.03. The Morgan fingerprint density at radius 1 is 1.47 bits per heavy atom. The minimum atomic E-state index is -0.689. The number of carbonyl (C=O) groups excluding carboxylic acids is 1. The molecule has 104 valence electrons. The van der Waals surface area contributed by atoms with Gasteiger partial charge in [0.15, 0.2) is 0 Å². The molecule has 0 saturated heterocycles. The first-order chi connectivity index (χ1) is 8.95. The predicted molar refractivity (Wildman–Crippen MR) is 78.9 cm³/mol. The first kappa shape index (κ1) is 14.0. The first-order valence-corrected chi connectivity index (χ1v) is 6.98. The van der Waals surface area contributed by atoms with E-state index in [0.29, 0.717) is 10.8 Å². The van der Waals surface area contributed by atoms with Crippen LogP contribution < -0.4 is 11.1 Å². The van der Waals surface area contributed by atoms with Crippen molar-refractivity contribution in [3.63, 3.8) is 0 Å². The number of anilines is 1. The zero-order valence-corrected chi connectivity index (χ0v) is 12.2. The summed E-state index contributed by atoms with van der Waals surface area (Å²) in [6.45, 7) is 1.89. The number of amides is 1. The lowest BCUT2D eigenvalue weighted by Gasteiger charge is -2.34. The van der Waals surface area contributed by atoms with E-state index in [1.165, 1.54) is 0 Å². The maximum atomic E-state index is 12.6. The Kier molecular flexibility index (Phi) is 3.89. The first-order valence-electron chi connectivity index (χ1n) is 6.58. The number of nitrogens with one attached hydrogen (secondary N) is 1. The molecule has 0 radical (unpaired) electrons. The minimum Gasteiger partial charge on any atom is -0.392 e. The molecule has 1 heterocycles. The Labute approximate surface area is 118 Å². The quantitative estimate of drug-likeness (QED) is 0.829. The molecule has 19 heavy (non-hydrogen) atoms. The van der Waals surface area contributed by atoms with Crippen LogP contribution >= 0.6 is 12.2 Å². The molecule has 1 fully saturated rings.